The molecule has 0 rings (SSSR count). The number of aliphatic imine (C=N–C) groups is 1. The molecule has 5 nitrogen and oxygen atoms in total. The van der Waals surface area contributed by atoms with Crippen molar-refractivity contribution in [3.8, 4) is 0 Å². The van der Waals surface area contributed by atoms with Crippen LogP contribution in [0.4, 0.5) is 4.39 Å². The van der Waals surface area contributed by atoms with Crippen molar-refractivity contribution in [1.82, 2.24) is 0 Å². The van der Waals surface area contributed by atoms with Crippen molar-refractivity contribution in [3.63, 3.8) is 0 Å². The van der Waals surface area contributed by atoms with Crippen molar-refractivity contribution in [2.24, 2.45) is 16.5 Å². The van der Waals surface area contributed by atoms with Gasteiger partial charge in [-0.05, 0) is 32.3 Å². The van der Waals surface area contributed by atoms with Gasteiger partial charge in [0, 0.05) is 6.54 Å². The van der Waals surface area contributed by atoms with Crippen LogP contribution in [0.25, 0.3) is 0 Å². The van der Waals surface area contributed by atoms with Gasteiger partial charge in [-0.3, -0.25) is 4.99 Å². The van der Waals surface area contributed by atoms with Crippen LogP contribution in [0.1, 0.15) is 26.7 Å². The number of carbonyl (C=O) groups is 1. The summed E-state index contributed by atoms with van der Waals surface area (Å²) >= 11 is 0. The summed E-state index contributed by atoms with van der Waals surface area (Å²) in [5.41, 5.74) is 9.30. The molecule has 0 amide bonds. The van der Waals surface area contributed by atoms with E-state index in [2.05, 4.69) is 4.99 Å². The monoisotopic (exact) mass is 245 g/mol. The van der Waals surface area contributed by atoms with E-state index in [9.17, 15) is 9.18 Å². The smallest absolute Gasteiger partial charge is 0.327 e. The SMILES string of the molecule is CC(N)=NCCC/C=C(\CF)C(C)(N)C(=O)O. The van der Waals surface area contributed by atoms with E-state index in [1.54, 1.807) is 6.92 Å². The highest BCUT2D eigenvalue weighted by Crippen LogP contribution is 2.15. The Morgan fingerprint density at radius 3 is 2.59 bits per heavy atom. The van der Waals surface area contributed by atoms with E-state index < -0.39 is 18.2 Å². The highest BCUT2D eigenvalue weighted by atomic mass is 19.1. The summed E-state index contributed by atoms with van der Waals surface area (Å²) in [5, 5.41) is 8.85. The number of alkyl halides is 1. The van der Waals surface area contributed by atoms with Crippen molar-refractivity contribution in [2.45, 2.75) is 32.2 Å². The van der Waals surface area contributed by atoms with Gasteiger partial charge in [-0.25, -0.2) is 9.18 Å². The first-order chi connectivity index (χ1) is 7.82. The van der Waals surface area contributed by atoms with Crippen molar-refractivity contribution in [3.05, 3.63) is 11.6 Å². The molecule has 0 aliphatic rings. The molecule has 0 aliphatic heterocycles. The molecule has 0 aliphatic carbocycles. The Morgan fingerprint density at radius 2 is 2.18 bits per heavy atom. The minimum atomic E-state index is -1.65. The average molecular weight is 245 g/mol. The summed E-state index contributed by atoms with van der Waals surface area (Å²) in [6.45, 7) is 2.64. The molecule has 0 aromatic heterocycles. The fourth-order valence-electron chi connectivity index (χ4n) is 1.17. The Bertz CT molecular complexity index is 321. The van der Waals surface area contributed by atoms with E-state index in [1.807, 2.05) is 0 Å². The number of carboxylic acids is 1. The Kier molecular flexibility index (Phi) is 6.42. The molecule has 0 saturated carbocycles. The summed E-state index contributed by atoms with van der Waals surface area (Å²) < 4.78 is 12.7. The van der Waals surface area contributed by atoms with Gasteiger partial charge in [0.2, 0.25) is 0 Å². The molecule has 0 saturated heterocycles. The zero-order valence-corrected chi connectivity index (χ0v) is 10.2. The zero-order chi connectivity index (χ0) is 13.5. The van der Waals surface area contributed by atoms with Crippen LogP contribution in [-0.2, 0) is 4.79 Å². The van der Waals surface area contributed by atoms with Crippen LogP contribution in [0.2, 0.25) is 0 Å². The van der Waals surface area contributed by atoms with E-state index >= 15 is 0 Å². The molecule has 1 atom stereocenters. The quantitative estimate of drug-likeness (QED) is 0.268. The van der Waals surface area contributed by atoms with Gasteiger partial charge in [-0.1, -0.05) is 6.08 Å². The maximum atomic E-state index is 12.7. The predicted molar refractivity (Wildman–Crippen MR) is 65.7 cm³/mol. The Labute approximate surface area is 100 Å². The van der Waals surface area contributed by atoms with Crippen molar-refractivity contribution in [1.29, 1.82) is 0 Å². The third kappa shape index (κ3) is 5.44. The molecule has 5 N–H and O–H groups in total. The topological polar surface area (TPSA) is 102 Å². The summed E-state index contributed by atoms with van der Waals surface area (Å²) in [7, 11) is 0. The summed E-state index contributed by atoms with van der Waals surface area (Å²) in [5.74, 6) is -0.744. The van der Waals surface area contributed by atoms with Crippen molar-refractivity contribution in [2.75, 3.05) is 13.2 Å². The third-order valence-electron chi connectivity index (χ3n) is 2.37. The van der Waals surface area contributed by atoms with Gasteiger partial charge in [0.05, 0.1) is 5.84 Å². The highest BCUT2D eigenvalue weighted by Gasteiger charge is 2.32. The van der Waals surface area contributed by atoms with Gasteiger partial charge >= 0.3 is 5.97 Å². The van der Waals surface area contributed by atoms with Crippen LogP contribution in [0.5, 0.6) is 0 Å². The highest BCUT2D eigenvalue weighted by molar-refractivity contribution is 5.82. The minimum Gasteiger partial charge on any atom is -0.480 e. The Hall–Kier alpha value is -1.43. The Morgan fingerprint density at radius 1 is 1.59 bits per heavy atom. The maximum Gasteiger partial charge on any atom is 0.327 e. The number of nitrogens with zero attached hydrogens (tertiary/aromatic N) is 1. The lowest BCUT2D eigenvalue weighted by Crippen LogP contribution is -2.47. The molecule has 0 radical (unpaired) electrons. The number of rotatable bonds is 7. The van der Waals surface area contributed by atoms with Gasteiger partial charge in [-0.15, -0.1) is 0 Å². The van der Waals surface area contributed by atoms with Gasteiger partial charge in [-0.2, -0.15) is 0 Å². The lowest BCUT2D eigenvalue weighted by molar-refractivity contribution is -0.141. The third-order valence-corrected chi connectivity index (χ3v) is 2.37. The molecule has 0 aromatic carbocycles. The summed E-state index contributed by atoms with van der Waals surface area (Å²) in [6, 6.07) is 0. The van der Waals surface area contributed by atoms with Gasteiger partial charge in [0.25, 0.3) is 0 Å². The van der Waals surface area contributed by atoms with Crippen LogP contribution < -0.4 is 11.5 Å². The van der Waals surface area contributed by atoms with Crippen molar-refractivity contribution >= 4 is 11.8 Å². The molecule has 17 heavy (non-hydrogen) atoms. The van der Waals surface area contributed by atoms with Crippen LogP contribution in [-0.4, -0.2) is 35.7 Å². The second kappa shape index (κ2) is 7.01. The second-order valence-electron chi connectivity index (χ2n) is 4.04. The molecule has 0 bridgehead atoms. The van der Waals surface area contributed by atoms with E-state index in [0.29, 0.717) is 25.2 Å². The number of allylic oxidation sites excluding steroid dienone is 1. The van der Waals surface area contributed by atoms with Crippen LogP contribution in [0, 0.1) is 0 Å². The van der Waals surface area contributed by atoms with Gasteiger partial charge in [0.1, 0.15) is 12.2 Å². The lowest BCUT2D eigenvalue weighted by atomic mass is 9.93. The summed E-state index contributed by atoms with van der Waals surface area (Å²) in [4.78, 5) is 14.8. The minimum absolute atomic E-state index is 0.0819. The van der Waals surface area contributed by atoms with Crippen LogP contribution in [0.3, 0.4) is 0 Å². The number of aliphatic carboxylic acids is 1. The molecule has 0 fully saturated rings. The summed E-state index contributed by atoms with van der Waals surface area (Å²) in [6.07, 6.45) is 2.72. The first-order valence-corrected chi connectivity index (χ1v) is 5.36. The maximum absolute atomic E-state index is 12.7. The normalized spacial score (nSPS) is 16.7. The first-order valence-electron chi connectivity index (χ1n) is 5.36. The van der Waals surface area contributed by atoms with Crippen LogP contribution in [0.15, 0.2) is 16.6 Å². The second-order valence-corrected chi connectivity index (χ2v) is 4.04. The Balaban J connectivity index is 4.38. The molecular weight excluding hydrogens is 225 g/mol. The fraction of sp³-hybridized carbons (Fsp3) is 0.636. The number of amidine groups is 1. The molecule has 0 spiro atoms. The zero-order valence-electron chi connectivity index (χ0n) is 10.2. The van der Waals surface area contributed by atoms with Gasteiger partial charge in [0.15, 0.2) is 0 Å². The standard InChI is InChI=1S/C11H20FN3O2/c1-8(13)15-6-4-3-5-9(7-12)11(2,14)10(16)17/h5H,3-4,6-7,14H2,1-2H3,(H2,13,15)(H,16,17)/b9-5+. The van der Waals surface area contributed by atoms with E-state index in [4.69, 9.17) is 16.6 Å². The predicted octanol–water partition coefficient (Wildman–Crippen LogP) is 0.842. The number of hydrogen-bond donors (Lipinski definition) is 3. The first kappa shape index (κ1) is 15.6. The van der Waals surface area contributed by atoms with E-state index in [0.717, 1.165) is 0 Å². The molecule has 6 heteroatoms. The average Bonchev–Trinajstić information content (AvgIpc) is 2.22. The number of nitrogens with two attached hydrogens (primary N) is 2. The largest absolute Gasteiger partial charge is 0.480 e. The fourth-order valence-corrected chi connectivity index (χ4v) is 1.17. The lowest BCUT2D eigenvalue weighted by Gasteiger charge is -2.21. The number of unbranched alkanes of at least 4 members (excludes halogenated alkanes) is 1. The van der Waals surface area contributed by atoms with E-state index in [1.165, 1.54) is 13.0 Å². The number of halogens is 1. The number of carboxylic acid groups (broad SMARTS) is 1. The molecule has 98 valence electrons. The van der Waals surface area contributed by atoms with E-state index in [-0.39, 0.29) is 5.57 Å². The molecular formula is C11H20FN3O2. The van der Waals surface area contributed by atoms with Crippen molar-refractivity contribution < 1.29 is 14.3 Å². The molecule has 0 heterocycles. The number of hydrogen-bond acceptors (Lipinski definition) is 3. The molecule has 1 unspecified atom stereocenters. The van der Waals surface area contributed by atoms with Gasteiger partial charge < -0.3 is 16.6 Å². The van der Waals surface area contributed by atoms with Crippen LogP contribution >= 0.6 is 0 Å². The molecule has 0 aromatic rings.